The number of carbonyl (C=O) groups is 1. The van der Waals surface area contributed by atoms with Crippen LogP contribution in [-0.2, 0) is 16.6 Å². The van der Waals surface area contributed by atoms with Crippen molar-refractivity contribution < 1.29 is 22.0 Å². The summed E-state index contributed by atoms with van der Waals surface area (Å²) in [5.41, 5.74) is 0.273. The van der Waals surface area contributed by atoms with E-state index in [-0.39, 0.29) is 18.2 Å². The molecule has 2 aromatic carbocycles. The molecular weight excluding hydrogens is 350 g/mol. The third-order valence-electron chi connectivity index (χ3n) is 3.78. The van der Waals surface area contributed by atoms with E-state index in [0.717, 1.165) is 12.1 Å². The minimum absolute atomic E-state index is 0.0195. The van der Waals surface area contributed by atoms with Crippen molar-refractivity contribution in [2.24, 2.45) is 0 Å². The van der Waals surface area contributed by atoms with Crippen molar-refractivity contribution in [2.75, 3.05) is 0 Å². The Morgan fingerprint density at radius 3 is 2.48 bits per heavy atom. The van der Waals surface area contributed by atoms with Crippen molar-refractivity contribution >= 4 is 15.9 Å². The Labute approximate surface area is 144 Å². The second-order valence-corrected chi connectivity index (χ2v) is 7.50. The summed E-state index contributed by atoms with van der Waals surface area (Å²) in [6, 6.07) is 8.88. The summed E-state index contributed by atoms with van der Waals surface area (Å²) in [6.45, 7) is -0.0642. The predicted molar refractivity (Wildman–Crippen MR) is 87.3 cm³/mol. The number of benzene rings is 2. The molecule has 0 aromatic heterocycles. The molecule has 1 aliphatic carbocycles. The van der Waals surface area contributed by atoms with Crippen molar-refractivity contribution in [3.8, 4) is 0 Å². The number of hydrogen-bond acceptors (Lipinski definition) is 3. The Bertz CT molecular complexity index is 912. The van der Waals surface area contributed by atoms with E-state index < -0.39 is 32.5 Å². The first-order valence-electron chi connectivity index (χ1n) is 7.70. The number of amides is 1. The lowest BCUT2D eigenvalue weighted by Crippen LogP contribution is -2.28. The second-order valence-electron chi connectivity index (χ2n) is 5.81. The maximum absolute atomic E-state index is 13.9. The zero-order chi connectivity index (χ0) is 18.0. The average molecular weight is 366 g/mol. The van der Waals surface area contributed by atoms with Gasteiger partial charge in [-0.3, -0.25) is 4.79 Å². The molecule has 0 radical (unpaired) electrons. The molecule has 1 fully saturated rings. The van der Waals surface area contributed by atoms with Crippen molar-refractivity contribution in [2.45, 2.75) is 30.3 Å². The third kappa shape index (κ3) is 4.21. The molecule has 5 nitrogen and oxygen atoms in total. The lowest BCUT2D eigenvalue weighted by atomic mass is 10.2. The van der Waals surface area contributed by atoms with E-state index in [4.69, 9.17) is 0 Å². The van der Waals surface area contributed by atoms with Gasteiger partial charge in [0.25, 0.3) is 5.91 Å². The standard InChI is InChI=1S/C17H16F2N2O3S/c18-14-4-2-1-3-12(14)10-20-17(22)11-5-8-15(19)16(9-11)25(23,24)21-13-6-7-13/h1-5,8-9,13,21H,6-7,10H2,(H,20,22). The molecule has 1 saturated carbocycles. The van der Waals surface area contributed by atoms with Crippen LogP contribution in [0.15, 0.2) is 47.4 Å². The Hall–Kier alpha value is -2.32. The Kier molecular flexibility index (Phi) is 4.82. The van der Waals surface area contributed by atoms with E-state index in [1.54, 1.807) is 6.07 Å². The van der Waals surface area contributed by atoms with Crippen LogP contribution in [0.1, 0.15) is 28.8 Å². The number of rotatable bonds is 6. The highest BCUT2D eigenvalue weighted by Gasteiger charge is 2.30. The second kappa shape index (κ2) is 6.89. The van der Waals surface area contributed by atoms with E-state index in [9.17, 15) is 22.0 Å². The lowest BCUT2D eigenvalue weighted by Gasteiger charge is -2.10. The van der Waals surface area contributed by atoms with Crippen LogP contribution >= 0.6 is 0 Å². The summed E-state index contributed by atoms with van der Waals surface area (Å²) in [7, 11) is -4.02. The maximum Gasteiger partial charge on any atom is 0.251 e. The van der Waals surface area contributed by atoms with Crippen LogP contribution in [0.4, 0.5) is 8.78 Å². The molecule has 2 N–H and O–H groups in total. The van der Waals surface area contributed by atoms with Gasteiger partial charge in [0.2, 0.25) is 10.0 Å². The maximum atomic E-state index is 13.9. The molecule has 25 heavy (non-hydrogen) atoms. The van der Waals surface area contributed by atoms with Gasteiger partial charge < -0.3 is 5.32 Å². The van der Waals surface area contributed by atoms with Gasteiger partial charge in [0.15, 0.2) is 0 Å². The normalized spacial score (nSPS) is 14.3. The molecule has 3 rings (SSSR count). The number of carbonyl (C=O) groups excluding carboxylic acids is 1. The minimum atomic E-state index is -4.02. The van der Waals surface area contributed by atoms with Gasteiger partial charge in [0.05, 0.1) is 0 Å². The average Bonchev–Trinajstić information content (AvgIpc) is 3.37. The van der Waals surface area contributed by atoms with Gasteiger partial charge in [-0.15, -0.1) is 0 Å². The molecule has 1 aliphatic rings. The minimum Gasteiger partial charge on any atom is -0.348 e. The molecule has 8 heteroatoms. The van der Waals surface area contributed by atoms with Crippen LogP contribution in [0.5, 0.6) is 0 Å². The van der Waals surface area contributed by atoms with Crippen LogP contribution in [0.25, 0.3) is 0 Å². The summed E-state index contributed by atoms with van der Waals surface area (Å²) in [5, 5.41) is 2.49. The summed E-state index contributed by atoms with van der Waals surface area (Å²) in [5.74, 6) is -2.01. The summed E-state index contributed by atoms with van der Waals surface area (Å²) >= 11 is 0. The SMILES string of the molecule is O=C(NCc1ccccc1F)c1ccc(F)c(S(=O)(=O)NC2CC2)c1. The first-order chi connectivity index (χ1) is 11.9. The van der Waals surface area contributed by atoms with E-state index >= 15 is 0 Å². The molecule has 132 valence electrons. The molecule has 0 heterocycles. The van der Waals surface area contributed by atoms with Gasteiger partial charge in [0.1, 0.15) is 16.5 Å². The third-order valence-corrected chi connectivity index (χ3v) is 5.31. The molecule has 0 atom stereocenters. The van der Waals surface area contributed by atoms with Gasteiger partial charge in [-0.2, -0.15) is 0 Å². The number of halogens is 2. The van der Waals surface area contributed by atoms with Crippen molar-refractivity contribution in [3.63, 3.8) is 0 Å². The zero-order valence-electron chi connectivity index (χ0n) is 13.1. The molecule has 0 unspecified atom stereocenters. The number of hydrogen-bond donors (Lipinski definition) is 2. The molecule has 0 bridgehead atoms. The highest BCUT2D eigenvalue weighted by Crippen LogP contribution is 2.24. The summed E-state index contributed by atoms with van der Waals surface area (Å²) in [6.07, 6.45) is 1.42. The monoisotopic (exact) mass is 366 g/mol. The fourth-order valence-electron chi connectivity index (χ4n) is 2.25. The molecule has 0 spiro atoms. The molecule has 0 saturated heterocycles. The largest absolute Gasteiger partial charge is 0.348 e. The van der Waals surface area contributed by atoms with Crippen molar-refractivity contribution in [3.05, 3.63) is 65.2 Å². The van der Waals surface area contributed by atoms with Gasteiger partial charge in [-0.05, 0) is 37.1 Å². The van der Waals surface area contributed by atoms with Crippen molar-refractivity contribution in [1.82, 2.24) is 10.0 Å². The van der Waals surface area contributed by atoms with E-state index in [1.165, 1.54) is 24.3 Å². The fraction of sp³-hybridized carbons (Fsp3) is 0.235. The van der Waals surface area contributed by atoms with Gasteiger partial charge in [-0.1, -0.05) is 18.2 Å². The van der Waals surface area contributed by atoms with Gasteiger partial charge in [-0.25, -0.2) is 21.9 Å². The molecule has 0 aliphatic heterocycles. The van der Waals surface area contributed by atoms with Crippen molar-refractivity contribution in [1.29, 1.82) is 0 Å². The number of sulfonamides is 1. The molecule has 2 aromatic rings. The fourth-order valence-corrected chi connectivity index (χ4v) is 3.66. The van der Waals surface area contributed by atoms with E-state index in [1.807, 2.05) is 0 Å². The van der Waals surface area contributed by atoms with E-state index in [2.05, 4.69) is 10.0 Å². The smallest absolute Gasteiger partial charge is 0.251 e. The van der Waals surface area contributed by atoms with Crippen LogP contribution in [-0.4, -0.2) is 20.4 Å². The predicted octanol–water partition coefficient (Wildman–Crippen LogP) is 2.34. The summed E-state index contributed by atoms with van der Waals surface area (Å²) < 4.78 is 54.2. The Morgan fingerprint density at radius 2 is 1.80 bits per heavy atom. The first-order valence-corrected chi connectivity index (χ1v) is 9.18. The lowest BCUT2D eigenvalue weighted by molar-refractivity contribution is 0.0950. The topological polar surface area (TPSA) is 75.3 Å². The Morgan fingerprint density at radius 1 is 1.08 bits per heavy atom. The van der Waals surface area contributed by atoms with Crippen LogP contribution in [0.2, 0.25) is 0 Å². The highest BCUT2D eigenvalue weighted by atomic mass is 32.2. The zero-order valence-corrected chi connectivity index (χ0v) is 13.9. The van der Waals surface area contributed by atoms with Crippen LogP contribution in [0, 0.1) is 11.6 Å². The van der Waals surface area contributed by atoms with E-state index in [0.29, 0.717) is 18.4 Å². The van der Waals surface area contributed by atoms with Gasteiger partial charge in [0, 0.05) is 23.7 Å². The van der Waals surface area contributed by atoms with Gasteiger partial charge >= 0.3 is 0 Å². The highest BCUT2D eigenvalue weighted by molar-refractivity contribution is 7.89. The Balaban J connectivity index is 1.77. The molecule has 1 amide bonds. The summed E-state index contributed by atoms with van der Waals surface area (Å²) in [4.78, 5) is 11.6. The van der Waals surface area contributed by atoms with Crippen LogP contribution < -0.4 is 10.0 Å². The van der Waals surface area contributed by atoms with Crippen LogP contribution in [0.3, 0.4) is 0 Å². The number of nitrogens with one attached hydrogen (secondary N) is 2. The quantitative estimate of drug-likeness (QED) is 0.824. The molecular formula is C17H16F2N2O3S. The first kappa shape index (κ1) is 17.5.